The number of nitrogens with zero attached hydrogens (tertiary/aromatic N) is 3. The Morgan fingerprint density at radius 1 is 1.22 bits per heavy atom. The second-order valence-corrected chi connectivity index (χ2v) is 4.45. The monoisotopic (exact) mass is 245 g/mol. The molecular weight excluding hydrogens is 230 g/mol. The molecule has 1 saturated heterocycles. The van der Waals surface area contributed by atoms with E-state index in [4.69, 9.17) is 0 Å². The van der Waals surface area contributed by atoms with E-state index >= 15 is 0 Å². The average Bonchev–Trinajstić information content (AvgIpc) is 2.61. The second kappa shape index (κ2) is 4.64. The fourth-order valence-electron chi connectivity index (χ4n) is 2.23. The highest BCUT2D eigenvalue weighted by Gasteiger charge is 2.18. The minimum atomic E-state index is -0.208. The molecule has 3 rings (SSSR count). The van der Waals surface area contributed by atoms with Crippen LogP contribution in [0.15, 0.2) is 12.4 Å². The predicted octanol–water partition coefficient (Wildman–Crippen LogP) is 0.686. The molecule has 0 radical (unpaired) electrons. The zero-order chi connectivity index (χ0) is 12.4. The summed E-state index contributed by atoms with van der Waals surface area (Å²) in [4.78, 5) is 22.6. The van der Waals surface area contributed by atoms with Crippen molar-refractivity contribution in [2.75, 3.05) is 18.0 Å². The number of hydrazine groups is 1. The SMILES string of the molecule is O=C1NNC=Cc2nc(N3CCCCC3)ncc21. The molecule has 0 bridgehead atoms. The Morgan fingerprint density at radius 2 is 2.06 bits per heavy atom. The van der Waals surface area contributed by atoms with Gasteiger partial charge in [0.1, 0.15) is 0 Å². The number of carbonyl (C=O) groups is 1. The highest BCUT2D eigenvalue weighted by atomic mass is 16.2. The molecule has 3 heterocycles. The summed E-state index contributed by atoms with van der Waals surface area (Å²) in [5.74, 6) is 0.507. The van der Waals surface area contributed by atoms with Crippen molar-refractivity contribution in [3.05, 3.63) is 23.7 Å². The van der Waals surface area contributed by atoms with Gasteiger partial charge in [-0.25, -0.2) is 9.97 Å². The fourth-order valence-corrected chi connectivity index (χ4v) is 2.23. The summed E-state index contributed by atoms with van der Waals surface area (Å²) in [7, 11) is 0. The summed E-state index contributed by atoms with van der Waals surface area (Å²) < 4.78 is 0. The number of nitrogens with one attached hydrogen (secondary N) is 2. The van der Waals surface area contributed by atoms with Crippen LogP contribution in [0.1, 0.15) is 35.3 Å². The standard InChI is InChI=1S/C12H15N5O/c18-11-9-8-13-12(17-6-2-1-3-7-17)15-10(9)4-5-14-16-11/h4-5,8,14H,1-3,6-7H2,(H,16,18). The van der Waals surface area contributed by atoms with E-state index in [0.29, 0.717) is 17.2 Å². The van der Waals surface area contributed by atoms with Crippen LogP contribution in [0.25, 0.3) is 6.08 Å². The lowest BCUT2D eigenvalue weighted by Crippen LogP contribution is -2.33. The zero-order valence-electron chi connectivity index (χ0n) is 10.0. The maximum atomic E-state index is 11.7. The van der Waals surface area contributed by atoms with Crippen LogP contribution in [-0.4, -0.2) is 29.0 Å². The lowest BCUT2D eigenvalue weighted by atomic mass is 10.1. The largest absolute Gasteiger partial charge is 0.341 e. The van der Waals surface area contributed by atoms with Crippen LogP contribution >= 0.6 is 0 Å². The Bertz CT molecular complexity index is 493. The normalized spacial score (nSPS) is 18.7. The number of hydrogen-bond donors (Lipinski definition) is 2. The van der Waals surface area contributed by atoms with Crippen molar-refractivity contribution < 1.29 is 4.79 Å². The van der Waals surface area contributed by atoms with E-state index in [0.717, 1.165) is 13.1 Å². The molecule has 6 heteroatoms. The third kappa shape index (κ3) is 2.01. The highest BCUT2D eigenvalue weighted by Crippen LogP contribution is 2.18. The van der Waals surface area contributed by atoms with Crippen LogP contribution in [0, 0.1) is 0 Å². The van der Waals surface area contributed by atoms with Crippen molar-refractivity contribution >= 4 is 17.9 Å². The van der Waals surface area contributed by atoms with Gasteiger partial charge in [0, 0.05) is 25.5 Å². The number of anilines is 1. The van der Waals surface area contributed by atoms with Crippen LogP contribution in [-0.2, 0) is 0 Å². The van der Waals surface area contributed by atoms with Gasteiger partial charge in [0.2, 0.25) is 5.95 Å². The fraction of sp³-hybridized carbons (Fsp3) is 0.417. The Kier molecular flexibility index (Phi) is 2.84. The molecule has 2 aliphatic heterocycles. The first-order valence-corrected chi connectivity index (χ1v) is 6.19. The van der Waals surface area contributed by atoms with E-state index < -0.39 is 0 Å². The first kappa shape index (κ1) is 11.0. The zero-order valence-corrected chi connectivity index (χ0v) is 10.0. The van der Waals surface area contributed by atoms with E-state index in [1.165, 1.54) is 19.3 Å². The molecule has 0 aromatic carbocycles. The van der Waals surface area contributed by atoms with Gasteiger partial charge in [-0.05, 0) is 25.3 Å². The van der Waals surface area contributed by atoms with E-state index in [9.17, 15) is 4.79 Å². The molecule has 2 N–H and O–H groups in total. The molecular formula is C12H15N5O. The number of rotatable bonds is 1. The summed E-state index contributed by atoms with van der Waals surface area (Å²) in [6, 6.07) is 0. The minimum absolute atomic E-state index is 0.208. The first-order valence-electron chi connectivity index (χ1n) is 6.19. The maximum absolute atomic E-state index is 11.7. The van der Waals surface area contributed by atoms with Gasteiger partial charge in [0.05, 0.1) is 11.3 Å². The van der Waals surface area contributed by atoms with Gasteiger partial charge < -0.3 is 10.3 Å². The Morgan fingerprint density at radius 3 is 2.89 bits per heavy atom. The Balaban J connectivity index is 1.93. The lowest BCUT2D eigenvalue weighted by Gasteiger charge is -2.26. The predicted molar refractivity (Wildman–Crippen MR) is 67.7 cm³/mol. The van der Waals surface area contributed by atoms with Crippen molar-refractivity contribution in [1.29, 1.82) is 0 Å². The molecule has 2 aliphatic rings. The van der Waals surface area contributed by atoms with Crippen LogP contribution < -0.4 is 15.8 Å². The number of aromatic nitrogens is 2. The van der Waals surface area contributed by atoms with Crippen LogP contribution in [0.2, 0.25) is 0 Å². The molecule has 0 unspecified atom stereocenters. The molecule has 0 atom stereocenters. The van der Waals surface area contributed by atoms with Gasteiger partial charge in [0.25, 0.3) is 5.91 Å². The number of piperidine rings is 1. The maximum Gasteiger partial charge on any atom is 0.273 e. The average molecular weight is 245 g/mol. The molecule has 94 valence electrons. The smallest absolute Gasteiger partial charge is 0.273 e. The topological polar surface area (TPSA) is 70.2 Å². The van der Waals surface area contributed by atoms with Crippen molar-refractivity contribution in [3.63, 3.8) is 0 Å². The number of carbonyl (C=O) groups excluding carboxylic acids is 1. The summed E-state index contributed by atoms with van der Waals surface area (Å²) in [5, 5.41) is 0. The highest BCUT2D eigenvalue weighted by molar-refractivity contribution is 5.97. The number of fused-ring (bicyclic) bond motifs is 1. The van der Waals surface area contributed by atoms with Crippen LogP contribution in [0.3, 0.4) is 0 Å². The molecule has 1 amide bonds. The van der Waals surface area contributed by atoms with Crippen molar-refractivity contribution in [2.45, 2.75) is 19.3 Å². The number of amides is 1. The summed E-state index contributed by atoms with van der Waals surface area (Å²) in [6.07, 6.45) is 8.67. The van der Waals surface area contributed by atoms with Crippen molar-refractivity contribution in [2.24, 2.45) is 0 Å². The Hall–Kier alpha value is -2.11. The molecule has 1 aromatic heterocycles. The van der Waals surface area contributed by atoms with E-state index in [2.05, 4.69) is 25.7 Å². The van der Waals surface area contributed by atoms with E-state index in [1.807, 2.05) is 0 Å². The van der Waals surface area contributed by atoms with Gasteiger partial charge in [0.15, 0.2) is 0 Å². The third-order valence-corrected chi connectivity index (χ3v) is 3.20. The molecule has 18 heavy (non-hydrogen) atoms. The minimum Gasteiger partial charge on any atom is -0.341 e. The van der Waals surface area contributed by atoms with E-state index in [1.54, 1.807) is 18.5 Å². The quantitative estimate of drug-likeness (QED) is 0.761. The van der Waals surface area contributed by atoms with Crippen molar-refractivity contribution in [1.82, 2.24) is 20.8 Å². The summed E-state index contributed by atoms with van der Waals surface area (Å²) in [6.45, 7) is 1.99. The molecule has 0 saturated carbocycles. The summed E-state index contributed by atoms with van der Waals surface area (Å²) >= 11 is 0. The van der Waals surface area contributed by atoms with Gasteiger partial charge in [-0.1, -0.05) is 0 Å². The molecule has 0 aliphatic carbocycles. The van der Waals surface area contributed by atoms with Gasteiger partial charge in [-0.3, -0.25) is 10.2 Å². The molecule has 1 fully saturated rings. The van der Waals surface area contributed by atoms with Crippen molar-refractivity contribution in [3.8, 4) is 0 Å². The van der Waals surface area contributed by atoms with Crippen LogP contribution in [0.5, 0.6) is 0 Å². The van der Waals surface area contributed by atoms with Gasteiger partial charge in [-0.15, -0.1) is 0 Å². The second-order valence-electron chi connectivity index (χ2n) is 4.45. The van der Waals surface area contributed by atoms with Gasteiger partial charge >= 0.3 is 0 Å². The van der Waals surface area contributed by atoms with Gasteiger partial charge in [-0.2, -0.15) is 0 Å². The summed E-state index contributed by atoms with van der Waals surface area (Å²) in [5.41, 5.74) is 6.37. The lowest BCUT2D eigenvalue weighted by molar-refractivity contribution is 0.0941. The third-order valence-electron chi connectivity index (χ3n) is 3.20. The molecule has 6 nitrogen and oxygen atoms in total. The first-order chi connectivity index (χ1) is 8.84. The Labute approximate surface area is 105 Å². The number of hydrogen-bond acceptors (Lipinski definition) is 5. The molecule has 0 spiro atoms. The van der Waals surface area contributed by atoms with E-state index in [-0.39, 0.29) is 5.91 Å². The van der Waals surface area contributed by atoms with Crippen LogP contribution in [0.4, 0.5) is 5.95 Å². The molecule has 1 aromatic rings.